The quantitative estimate of drug-likeness (QED) is 0.577. The molecule has 1 aromatic carbocycles. The zero-order chi connectivity index (χ0) is 19.1. The fraction of sp³-hybridized carbons (Fsp3) is 0.227. The fourth-order valence-corrected chi connectivity index (χ4v) is 4.26. The molecule has 2 N–H and O–H groups in total. The van der Waals surface area contributed by atoms with E-state index in [-0.39, 0.29) is 11.9 Å². The van der Waals surface area contributed by atoms with Crippen molar-refractivity contribution in [1.29, 1.82) is 0 Å². The van der Waals surface area contributed by atoms with E-state index >= 15 is 0 Å². The van der Waals surface area contributed by atoms with Gasteiger partial charge in [0, 0.05) is 42.0 Å². The fourth-order valence-electron chi connectivity index (χ4n) is 4.26. The largest absolute Gasteiger partial charge is 0.350 e. The number of pyridine rings is 1. The van der Waals surface area contributed by atoms with Gasteiger partial charge in [0.1, 0.15) is 11.7 Å². The lowest BCUT2D eigenvalue weighted by Crippen LogP contribution is -2.41. The minimum absolute atomic E-state index is 0.00977. The van der Waals surface area contributed by atoms with Gasteiger partial charge in [0.2, 0.25) is 0 Å². The smallest absolute Gasteiger partial charge is 0.271 e. The number of amides is 1. The SMILES string of the molecule is CCc1c(C(=O)N2CCc3[nH]cnc3[C@@H]2c2cccnc2)[nH]c2ccccc12. The lowest BCUT2D eigenvalue weighted by molar-refractivity contribution is 0.0684. The van der Waals surface area contributed by atoms with Gasteiger partial charge in [-0.1, -0.05) is 31.2 Å². The van der Waals surface area contributed by atoms with E-state index in [1.807, 2.05) is 41.4 Å². The Labute approximate surface area is 162 Å². The number of aryl methyl sites for hydroxylation is 1. The molecule has 1 atom stereocenters. The molecule has 1 aliphatic heterocycles. The van der Waals surface area contributed by atoms with Crippen molar-refractivity contribution in [3.63, 3.8) is 0 Å². The Kier molecular flexibility index (Phi) is 3.97. The van der Waals surface area contributed by atoms with Crippen LogP contribution in [-0.4, -0.2) is 37.3 Å². The van der Waals surface area contributed by atoms with Gasteiger partial charge in [0.25, 0.3) is 5.91 Å². The number of carbonyl (C=O) groups excluding carboxylic acids is 1. The van der Waals surface area contributed by atoms with Crippen LogP contribution >= 0.6 is 0 Å². The van der Waals surface area contributed by atoms with Gasteiger partial charge in [-0.25, -0.2) is 4.98 Å². The van der Waals surface area contributed by atoms with Gasteiger partial charge < -0.3 is 14.9 Å². The van der Waals surface area contributed by atoms with E-state index in [4.69, 9.17) is 0 Å². The van der Waals surface area contributed by atoms with E-state index in [0.29, 0.717) is 12.2 Å². The molecule has 1 amide bonds. The topological polar surface area (TPSA) is 77.7 Å². The third-order valence-corrected chi connectivity index (χ3v) is 5.57. The zero-order valence-corrected chi connectivity index (χ0v) is 15.6. The first-order valence-corrected chi connectivity index (χ1v) is 9.60. The number of hydrogen-bond acceptors (Lipinski definition) is 3. The van der Waals surface area contributed by atoms with Gasteiger partial charge in [-0.3, -0.25) is 9.78 Å². The molecule has 0 bridgehead atoms. The number of rotatable bonds is 3. The molecular formula is C22H21N5O. The number of nitrogens with zero attached hydrogens (tertiary/aromatic N) is 3. The number of aromatic amines is 2. The first-order valence-electron chi connectivity index (χ1n) is 9.60. The van der Waals surface area contributed by atoms with Crippen LogP contribution in [0.3, 0.4) is 0 Å². The predicted molar refractivity (Wildman–Crippen MR) is 107 cm³/mol. The summed E-state index contributed by atoms with van der Waals surface area (Å²) < 4.78 is 0. The Bertz CT molecular complexity index is 1140. The van der Waals surface area contributed by atoms with Crippen LogP contribution in [0, 0.1) is 0 Å². The van der Waals surface area contributed by atoms with Gasteiger partial charge in [0.05, 0.1) is 12.0 Å². The molecule has 140 valence electrons. The molecule has 5 rings (SSSR count). The van der Waals surface area contributed by atoms with E-state index in [1.165, 1.54) is 0 Å². The number of benzene rings is 1. The van der Waals surface area contributed by atoms with E-state index in [0.717, 1.165) is 46.3 Å². The first-order chi connectivity index (χ1) is 13.8. The number of nitrogens with one attached hydrogen (secondary N) is 2. The first kappa shape index (κ1) is 16.7. The van der Waals surface area contributed by atoms with Crippen molar-refractivity contribution in [2.75, 3.05) is 6.54 Å². The molecule has 4 heterocycles. The number of fused-ring (bicyclic) bond motifs is 2. The van der Waals surface area contributed by atoms with Gasteiger partial charge in [0.15, 0.2) is 0 Å². The number of para-hydroxylation sites is 1. The van der Waals surface area contributed by atoms with E-state index < -0.39 is 0 Å². The molecule has 6 nitrogen and oxygen atoms in total. The average molecular weight is 371 g/mol. The minimum Gasteiger partial charge on any atom is -0.350 e. The Morgan fingerprint density at radius 1 is 1.25 bits per heavy atom. The molecule has 0 radical (unpaired) electrons. The van der Waals surface area contributed by atoms with Crippen molar-refractivity contribution in [2.45, 2.75) is 25.8 Å². The lowest BCUT2D eigenvalue weighted by Gasteiger charge is -2.35. The van der Waals surface area contributed by atoms with Crippen LogP contribution in [0.15, 0.2) is 55.1 Å². The minimum atomic E-state index is -0.243. The van der Waals surface area contributed by atoms with Crippen LogP contribution in [0.5, 0.6) is 0 Å². The normalized spacial score (nSPS) is 16.3. The molecule has 0 aliphatic carbocycles. The molecule has 0 spiro atoms. The summed E-state index contributed by atoms with van der Waals surface area (Å²) in [5.41, 5.74) is 5.71. The third-order valence-electron chi connectivity index (χ3n) is 5.57. The molecular weight excluding hydrogens is 350 g/mol. The highest BCUT2D eigenvalue weighted by Crippen LogP contribution is 2.35. The Morgan fingerprint density at radius 2 is 2.14 bits per heavy atom. The summed E-state index contributed by atoms with van der Waals surface area (Å²) in [5, 5.41) is 1.11. The lowest BCUT2D eigenvalue weighted by atomic mass is 9.96. The van der Waals surface area contributed by atoms with Crippen molar-refractivity contribution >= 4 is 16.8 Å². The summed E-state index contributed by atoms with van der Waals surface area (Å²) in [5.74, 6) is 0.00977. The number of aromatic nitrogens is 4. The van der Waals surface area contributed by atoms with Crippen LogP contribution < -0.4 is 0 Å². The Balaban J connectivity index is 1.63. The number of imidazole rings is 1. The van der Waals surface area contributed by atoms with E-state index in [2.05, 4.69) is 32.9 Å². The molecule has 28 heavy (non-hydrogen) atoms. The second-order valence-corrected chi connectivity index (χ2v) is 7.08. The van der Waals surface area contributed by atoms with Crippen molar-refractivity contribution in [2.24, 2.45) is 0 Å². The van der Waals surface area contributed by atoms with Crippen LogP contribution in [0.2, 0.25) is 0 Å². The highest BCUT2D eigenvalue weighted by atomic mass is 16.2. The standard InChI is InChI=1S/C22H21N5O/c1-2-15-16-7-3-4-8-17(16)26-19(15)22(28)27-11-9-18-20(25-13-24-18)21(27)14-6-5-10-23-12-14/h3-8,10,12-13,21,26H,2,9,11H2,1H3,(H,24,25)/t21-/m0/s1. The molecule has 0 fully saturated rings. The predicted octanol–water partition coefficient (Wildman–Crippen LogP) is 3.64. The maximum Gasteiger partial charge on any atom is 0.271 e. The monoisotopic (exact) mass is 371 g/mol. The molecule has 1 aliphatic rings. The summed E-state index contributed by atoms with van der Waals surface area (Å²) in [6.45, 7) is 2.72. The van der Waals surface area contributed by atoms with E-state index in [9.17, 15) is 4.79 Å². The maximum atomic E-state index is 13.7. The average Bonchev–Trinajstić information content (AvgIpc) is 3.37. The Morgan fingerprint density at radius 3 is 2.96 bits per heavy atom. The van der Waals surface area contributed by atoms with Crippen molar-refractivity contribution in [3.05, 3.63) is 83.3 Å². The van der Waals surface area contributed by atoms with Crippen molar-refractivity contribution in [1.82, 2.24) is 24.8 Å². The van der Waals surface area contributed by atoms with Crippen molar-refractivity contribution in [3.8, 4) is 0 Å². The summed E-state index contributed by atoms with van der Waals surface area (Å²) in [6.07, 6.45) is 6.84. The van der Waals surface area contributed by atoms with Gasteiger partial charge >= 0.3 is 0 Å². The van der Waals surface area contributed by atoms with E-state index in [1.54, 1.807) is 12.5 Å². The highest BCUT2D eigenvalue weighted by Gasteiger charge is 2.36. The zero-order valence-electron chi connectivity index (χ0n) is 15.6. The second kappa shape index (κ2) is 6.64. The molecule has 0 unspecified atom stereocenters. The molecule has 6 heteroatoms. The summed E-state index contributed by atoms with van der Waals surface area (Å²) in [4.78, 5) is 31.0. The van der Waals surface area contributed by atoms with Crippen LogP contribution in [0.4, 0.5) is 0 Å². The second-order valence-electron chi connectivity index (χ2n) is 7.08. The third kappa shape index (κ3) is 2.52. The summed E-state index contributed by atoms with van der Waals surface area (Å²) in [7, 11) is 0. The van der Waals surface area contributed by atoms with Crippen LogP contribution in [-0.2, 0) is 12.8 Å². The highest BCUT2D eigenvalue weighted by molar-refractivity contribution is 6.01. The maximum absolute atomic E-state index is 13.7. The Hall–Kier alpha value is -3.41. The number of H-pyrrole nitrogens is 2. The van der Waals surface area contributed by atoms with Gasteiger partial charge in [-0.2, -0.15) is 0 Å². The van der Waals surface area contributed by atoms with Gasteiger partial charge in [-0.15, -0.1) is 0 Å². The summed E-state index contributed by atoms with van der Waals surface area (Å²) >= 11 is 0. The molecule has 4 aromatic rings. The molecule has 0 saturated heterocycles. The molecule has 3 aromatic heterocycles. The van der Waals surface area contributed by atoms with Crippen LogP contribution in [0.1, 0.15) is 46.0 Å². The van der Waals surface area contributed by atoms with Crippen molar-refractivity contribution < 1.29 is 4.79 Å². The number of hydrogen-bond donors (Lipinski definition) is 2. The number of carbonyl (C=O) groups is 1. The summed E-state index contributed by atoms with van der Waals surface area (Å²) in [6, 6.07) is 11.8. The molecule has 0 saturated carbocycles. The van der Waals surface area contributed by atoms with Crippen LogP contribution in [0.25, 0.3) is 10.9 Å². The van der Waals surface area contributed by atoms with Gasteiger partial charge in [-0.05, 0) is 29.7 Å².